The summed E-state index contributed by atoms with van der Waals surface area (Å²) in [6.45, 7) is 3.23. The highest BCUT2D eigenvalue weighted by molar-refractivity contribution is 5.94. The molecule has 0 fully saturated rings. The summed E-state index contributed by atoms with van der Waals surface area (Å²) in [6, 6.07) is 6.66. The normalized spacial score (nSPS) is 11.5. The van der Waals surface area contributed by atoms with Crippen LogP contribution in [0.2, 0.25) is 0 Å². The first-order valence-corrected chi connectivity index (χ1v) is 6.57. The number of hydrogen-bond acceptors (Lipinski definition) is 6. The summed E-state index contributed by atoms with van der Waals surface area (Å²) in [7, 11) is 1.48. The Balaban J connectivity index is 2.97. The van der Waals surface area contributed by atoms with Crippen LogP contribution in [0, 0.1) is 17.2 Å². The van der Waals surface area contributed by atoms with Gasteiger partial charge < -0.3 is 14.8 Å². The minimum atomic E-state index is -1.08. The Hall–Kier alpha value is -2.88. The van der Waals surface area contributed by atoms with Gasteiger partial charge in [-0.05, 0) is 25.1 Å². The highest BCUT2D eigenvalue weighted by atomic mass is 16.5. The maximum atomic E-state index is 11.5. The van der Waals surface area contributed by atoms with Crippen molar-refractivity contribution in [1.82, 2.24) is 0 Å². The molecule has 116 valence electrons. The molecular formula is C15H17N3O4. The number of hydrogen-bond donors (Lipinski definition) is 1. The van der Waals surface area contributed by atoms with E-state index in [0.717, 1.165) is 0 Å². The molecule has 7 heteroatoms. The molecule has 0 saturated heterocycles. The van der Waals surface area contributed by atoms with Gasteiger partial charge in [-0.25, -0.2) is 0 Å². The Kier molecular flexibility index (Phi) is 6.57. The third kappa shape index (κ3) is 4.90. The molecule has 0 heterocycles. The van der Waals surface area contributed by atoms with Gasteiger partial charge in [-0.2, -0.15) is 5.26 Å². The number of rotatable bonds is 6. The number of anilines is 1. The van der Waals surface area contributed by atoms with E-state index < -0.39 is 11.9 Å². The number of nitrogens with one attached hydrogen (secondary N) is 1. The van der Waals surface area contributed by atoms with Crippen LogP contribution in [0.3, 0.4) is 0 Å². The molecule has 1 atom stereocenters. The average Bonchev–Trinajstić information content (AvgIpc) is 2.48. The first-order valence-electron chi connectivity index (χ1n) is 6.57. The van der Waals surface area contributed by atoms with E-state index in [2.05, 4.69) is 10.3 Å². The van der Waals surface area contributed by atoms with Crippen molar-refractivity contribution in [1.29, 1.82) is 5.26 Å². The van der Waals surface area contributed by atoms with Crippen LogP contribution in [0.1, 0.15) is 13.8 Å². The molecule has 1 N–H and O–H groups in total. The van der Waals surface area contributed by atoms with Gasteiger partial charge in [0.15, 0.2) is 5.92 Å². The lowest BCUT2D eigenvalue weighted by molar-refractivity contribution is -0.143. The maximum Gasteiger partial charge on any atom is 0.328 e. The number of benzene rings is 1. The van der Waals surface area contributed by atoms with Crippen molar-refractivity contribution >= 4 is 29.5 Å². The summed E-state index contributed by atoms with van der Waals surface area (Å²) >= 11 is 0. The smallest absolute Gasteiger partial charge is 0.328 e. The fourth-order valence-electron chi connectivity index (χ4n) is 1.60. The maximum absolute atomic E-state index is 11.5. The van der Waals surface area contributed by atoms with Gasteiger partial charge in [-0.3, -0.25) is 14.6 Å². The van der Waals surface area contributed by atoms with Gasteiger partial charge >= 0.3 is 5.97 Å². The van der Waals surface area contributed by atoms with Crippen molar-refractivity contribution in [2.75, 3.05) is 19.0 Å². The zero-order valence-corrected chi connectivity index (χ0v) is 12.6. The number of carbonyl (C=O) groups excluding carboxylic acids is 2. The Morgan fingerprint density at radius 1 is 1.50 bits per heavy atom. The SMILES string of the molecule is CCOC(=O)C(C#N)C=Nc1ccc(OC)c(NC(C)=O)c1. The molecule has 1 rings (SSSR count). The van der Waals surface area contributed by atoms with Crippen LogP contribution in [0.5, 0.6) is 5.75 Å². The molecule has 7 nitrogen and oxygen atoms in total. The molecule has 0 aliphatic heterocycles. The second kappa shape index (κ2) is 8.42. The minimum absolute atomic E-state index is 0.195. The number of methoxy groups -OCH3 is 1. The number of esters is 1. The first-order chi connectivity index (χ1) is 10.5. The van der Waals surface area contributed by atoms with Gasteiger partial charge in [0, 0.05) is 13.1 Å². The summed E-state index contributed by atoms with van der Waals surface area (Å²) < 4.78 is 9.89. The molecule has 0 aromatic heterocycles. The van der Waals surface area contributed by atoms with Crippen molar-refractivity contribution in [3.8, 4) is 11.8 Å². The van der Waals surface area contributed by atoms with Crippen molar-refractivity contribution in [2.45, 2.75) is 13.8 Å². The number of carbonyl (C=O) groups is 2. The fraction of sp³-hybridized carbons (Fsp3) is 0.333. The molecule has 1 aromatic rings. The molecule has 1 amide bonds. The lowest BCUT2D eigenvalue weighted by Gasteiger charge is -2.09. The molecule has 1 unspecified atom stereocenters. The second-order valence-corrected chi connectivity index (χ2v) is 4.20. The van der Waals surface area contributed by atoms with E-state index in [9.17, 15) is 9.59 Å². The second-order valence-electron chi connectivity index (χ2n) is 4.20. The largest absolute Gasteiger partial charge is 0.495 e. The summed E-state index contributed by atoms with van der Waals surface area (Å²) in [5.41, 5.74) is 0.920. The van der Waals surface area contributed by atoms with E-state index in [-0.39, 0.29) is 12.5 Å². The van der Waals surface area contributed by atoms with E-state index in [1.807, 2.05) is 6.07 Å². The zero-order valence-electron chi connectivity index (χ0n) is 12.6. The van der Waals surface area contributed by atoms with Crippen molar-refractivity contribution < 1.29 is 19.1 Å². The predicted octanol–water partition coefficient (Wildman–Crippen LogP) is 2.06. The lowest BCUT2D eigenvalue weighted by atomic mass is 10.2. The summed E-state index contributed by atoms with van der Waals surface area (Å²) in [6.07, 6.45) is 1.21. The fourth-order valence-corrected chi connectivity index (χ4v) is 1.60. The zero-order chi connectivity index (χ0) is 16.5. The number of aliphatic imine (C=N–C) groups is 1. The molecule has 1 aromatic carbocycles. The third-order valence-corrected chi connectivity index (χ3v) is 2.55. The Morgan fingerprint density at radius 3 is 2.77 bits per heavy atom. The van der Waals surface area contributed by atoms with E-state index in [4.69, 9.17) is 14.7 Å². The van der Waals surface area contributed by atoms with Crippen molar-refractivity contribution in [3.63, 3.8) is 0 Å². The van der Waals surface area contributed by atoms with Gasteiger partial charge in [-0.1, -0.05) is 0 Å². The lowest BCUT2D eigenvalue weighted by Crippen LogP contribution is -2.17. The third-order valence-electron chi connectivity index (χ3n) is 2.55. The van der Waals surface area contributed by atoms with Gasteiger partial charge in [-0.15, -0.1) is 0 Å². The highest BCUT2D eigenvalue weighted by Crippen LogP contribution is 2.29. The van der Waals surface area contributed by atoms with Crippen LogP contribution >= 0.6 is 0 Å². The van der Waals surface area contributed by atoms with Gasteiger partial charge in [0.1, 0.15) is 5.75 Å². The summed E-state index contributed by atoms with van der Waals surface area (Å²) in [4.78, 5) is 26.7. The predicted molar refractivity (Wildman–Crippen MR) is 81.2 cm³/mol. The Morgan fingerprint density at radius 2 is 2.23 bits per heavy atom. The molecule has 0 saturated carbocycles. The molecule has 0 aliphatic rings. The van der Waals surface area contributed by atoms with E-state index in [0.29, 0.717) is 17.1 Å². The van der Waals surface area contributed by atoms with Gasteiger partial charge in [0.05, 0.1) is 31.2 Å². The molecule has 0 spiro atoms. The summed E-state index contributed by atoms with van der Waals surface area (Å²) in [5, 5.41) is 11.6. The van der Waals surface area contributed by atoms with Crippen LogP contribution in [-0.2, 0) is 14.3 Å². The number of nitriles is 1. The van der Waals surface area contributed by atoms with Crippen LogP contribution in [0.25, 0.3) is 0 Å². The highest BCUT2D eigenvalue weighted by Gasteiger charge is 2.16. The summed E-state index contributed by atoms with van der Waals surface area (Å²) in [5.74, 6) is -1.49. The van der Waals surface area contributed by atoms with Gasteiger partial charge in [0.2, 0.25) is 5.91 Å². The van der Waals surface area contributed by atoms with E-state index >= 15 is 0 Å². The van der Waals surface area contributed by atoms with E-state index in [1.54, 1.807) is 25.1 Å². The monoisotopic (exact) mass is 303 g/mol. The number of ether oxygens (including phenoxy) is 2. The van der Waals surface area contributed by atoms with Crippen molar-refractivity contribution in [3.05, 3.63) is 18.2 Å². The first kappa shape index (κ1) is 17.2. The van der Waals surface area contributed by atoms with Crippen molar-refractivity contribution in [2.24, 2.45) is 10.9 Å². The van der Waals surface area contributed by atoms with E-state index in [1.165, 1.54) is 20.2 Å². The molecule has 0 aliphatic carbocycles. The molecule has 22 heavy (non-hydrogen) atoms. The number of nitrogens with zero attached hydrogens (tertiary/aromatic N) is 2. The quantitative estimate of drug-likeness (QED) is 0.640. The average molecular weight is 303 g/mol. The standard InChI is InChI=1S/C15H17N3O4/c1-4-22-15(20)11(8-16)9-17-12-5-6-14(21-3)13(7-12)18-10(2)19/h5-7,9,11H,4H2,1-3H3,(H,18,19). The Bertz CT molecular complexity index is 620. The van der Waals surface area contributed by atoms with Crippen LogP contribution in [-0.4, -0.2) is 31.8 Å². The minimum Gasteiger partial charge on any atom is -0.495 e. The molecular weight excluding hydrogens is 286 g/mol. The van der Waals surface area contributed by atoms with Crippen LogP contribution in [0.15, 0.2) is 23.2 Å². The van der Waals surface area contributed by atoms with Gasteiger partial charge in [0.25, 0.3) is 0 Å². The van der Waals surface area contributed by atoms with Crippen LogP contribution in [0.4, 0.5) is 11.4 Å². The number of amides is 1. The Labute approximate surface area is 128 Å². The topological polar surface area (TPSA) is 101 Å². The molecule has 0 radical (unpaired) electrons. The molecule has 0 bridgehead atoms. The van der Waals surface area contributed by atoms with Crippen LogP contribution < -0.4 is 10.1 Å².